The molecule has 2 nitrogen and oxygen atoms in total. The molecule has 1 aromatic rings. The molecule has 1 atom stereocenters. The number of hydrogen-bond acceptors (Lipinski definition) is 2. The molecule has 0 aliphatic rings. The van der Waals surface area contributed by atoms with Crippen LogP contribution in [0.3, 0.4) is 0 Å². The van der Waals surface area contributed by atoms with Gasteiger partial charge < -0.3 is 9.84 Å². The quantitative estimate of drug-likeness (QED) is 0.665. The van der Waals surface area contributed by atoms with Gasteiger partial charge in [0, 0.05) is 0 Å². The first-order valence-corrected chi connectivity index (χ1v) is 5.04. The molecule has 0 saturated heterocycles. The molecule has 0 spiro atoms. The van der Waals surface area contributed by atoms with Gasteiger partial charge in [-0.25, -0.2) is 0 Å². The van der Waals surface area contributed by atoms with Crippen LogP contribution in [-0.4, -0.2) is 15.2 Å². The van der Waals surface area contributed by atoms with E-state index >= 15 is 0 Å². The zero-order chi connectivity index (χ0) is 10.6. The van der Waals surface area contributed by atoms with E-state index < -0.39 is 10.1 Å². The van der Waals surface area contributed by atoms with Crippen molar-refractivity contribution in [2.24, 2.45) is 0 Å². The molecule has 0 aliphatic heterocycles. The molecule has 1 aromatic carbocycles. The zero-order valence-electron chi connectivity index (χ0n) is 7.16. The third-order valence-corrected chi connectivity index (χ3v) is 2.09. The zero-order valence-corrected chi connectivity index (χ0v) is 9.43. The van der Waals surface area contributed by atoms with E-state index in [1.54, 1.807) is 0 Å². The summed E-state index contributed by atoms with van der Waals surface area (Å²) in [7, 11) is 0. The minimum Gasteiger partial charge on any atom is -0.365 e. The Morgan fingerprint density at radius 3 is 2.29 bits per heavy atom. The standard InChI is InChI=1S/C9H9Cl3O2/c10-9(11,12)8(13)14-6-7-4-2-1-3-5-7/h1-5,8,13H,6H2. The van der Waals surface area contributed by atoms with Gasteiger partial charge >= 0.3 is 0 Å². The minimum atomic E-state index is -1.81. The summed E-state index contributed by atoms with van der Waals surface area (Å²) in [6.45, 7) is 0.204. The number of halogens is 3. The Balaban J connectivity index is 2.42. The van der Waals surface area contributed by atoms with E-state index in [-0.39, 0.29) is 6.61 Å². The second-order valence-corrected chi connectivity index (χ2v) is 5.06. The maximum absolute atomic E-state index is 9.23. The van der Waals surface area contributed by atoms with Crippen molar-refractivity contribution in [2.45, 2.75) is 16.7 Å². The van der Waals surface area contributed by atoms with Gasteiger partial charge in [-0.3, -0.25) is 0 Å². The van der Waals surface area contributed by atoms with Gasteiger partial charge in [-0.2, -0.15) is 0 Å². The molecule has 14 heavy (non-hydrogen) atoms. The third-order valence-electron chi connectivity index (χ3n) is 1.53. The Kier molecular flexibility index (Phi) is 4.48. The first-order chi connectivity index (χ1) is 6.50. The summed E-state index contributed by atoms with van der Waals surface area (Å²) in [6, 6.07) is 9.31. The predicted octanol–water partition coefficient (Wildman–Crippen LogP) is 2.89. The lowest BCUT2D eigenvalue weighted by atomic mass is 10.2. The Morgan fingerprint density at radius 1 is 1.21 bits per heavy atom. The molecule has 0 aliphatic carbocycles. The molecule has 0 fully saturated rings. The van der Waals surface area contributed by atoms with Gasteiger partial charge in [-0.1, -0.05) is 65.1 Å². The summed E-state index contributed by atoms with van der Waals surface area (Å²) in [6.07, 6.45) is -1.42. The van der Waals surface area contributed by atoms with Gasteiger partial charge in [0.05, 0.1) is 6.61 Å². The number of benzene rings is 1. The molecule has 5 heteroatoms. The van der Waals surface area contributed by atoms with Crippen LogP contribution in [0.15, 0.2) is 30.3 Å². The van der Waals surface area contributed by atoms with Crippen molar-refractivity contribution in [2.75, 3.05) is 0 Å². The summed E-state index contributed by atoms with van der Waals surface area (Å²) >= 11 is 16.2. The van der Waals surface area contributed by atoms with Crippen molar-refractivity contribution in [3.05, 3.63) is 35.9 Å². The number of ether oxygens (including phenoxy) is 1. The van der Waals surface area contributed by atoms with E-state index in [1.807, 2.05) is 30.3 Å². The minimum absolute atomic E-state index is 0.204. The van der Waals surface area contributed by atoms with E-state index in [9.17, 15) is 5.11 Å². The molecule has 0 radical (unpaired) electrons. The number of aliphatic hydroxyl groups excluding tert-OH is 1. The van der Waals surface area contributed by atoms with E-state index in [1.165, 1.54) is 0 Å². The number of aliphatic hydroxyl groups is 1. The lowest BCUT2D eigenvalue weighted by Crippen LogP contribution is -2.27. The Bertz CT molecular complexity index is 271. The maximum Gasteiger partial charge on any atom is 0.240 e. The van der Waals surface area contributed by atoms with Crippen LogP contribution in [0.25, 0.3) is 0 Å². The van der Waals surface area contributed by atoms with E-state index in [2.05, 4.69) is 0 Å². The number of hydrogen-bond donors (Lipinski definition) is 1. The second-order valence-electron chi connectivity index (χ2n) is 2.69. The van der Waals surface area contributed by atoms with Crippen LogP contribution in [-0.2, 0) is 11.3 Å². The molecule has 1 rings (SSSR count). The fourth-order valence-electron chi connectivity index (χ4n) is 0.844. The first-order valence-electron chi connectivity index (χ1n) is 3.90. The maximum atomic E-state index is 9.23. The summed E-state index contributed by atoms with van der Waals surface area (Å²) in [4.78, 5) is 0. The summed E-state index contributed by atoms with van der Waals surface area (Å²) in [5.41, 5.74) is 0.904. The fourth-order valence-corrected chi connectivity index (χ4v) is 1.03. The van der Waals surface area contributed by atoms with E-state index in [4.69, 9.17) is 39.5 Å². The highest BCUT2D eigenvalue weighted by Crippen LogP contribution is 2.31. The SMILES string of the molecule is OC(OCc1ccccc1)C(Cl)(Cl)Cl. The van der Waals surface area contributed by atoms with Crippen molar-refractivity contribution in [1.82, 2.24) is 0 Å². The number of alkyl halides is 3. The highest BCUT2D eigenvalue weighted by molar-refractivity contribution is 6.67. The van der Waals surface area contributed by atoms with Gasteiger partial charge in [-0.15, -0.1) is 0 Å². The average molecular weight is 256 g/mol. The van der Waals surface area contributed by atoms with E-state index in [0.717, 1.165) is 5.56 Å². The summed E-state index contributed by atoms with van der Waals surface area (Å²) in [5.74, 6) is 0. The van der Waals surface area contributed by atoms with Crippen LogP contribution in [0.4, 0.5) is 0 Å². The Morgan fingerprint density at radius 2 is 1.79 bits per heavy atom. The van der Waals surface area contributed by atoms with Gasteiger partial charge in [0.1, 0.15) is 0 Å². The largest absolute Gasteiger partial charge is 0.365 e. The van der Waals surface area contributed by atoms with Crippen molar-refractivity contribution < 1.29 is 9.84 Å². The molecular weight excluding hydrogens is 246 g/mol. The van der Waals surface area contributed by atoms with Crippen molar-refractivity contribution in [3.8, 4) is 0 Å². The summed E-state index contributed by atoms with van der Waals surface area (Å²) in [5, 5.41) is 9.23. The van der Waals surface area contributed by atoms with Crippen LogP contribution in [0.2, 0.25) is 0 Å². The summed E-state index contributed by atoms with van der Waals surface area (Å²) < 4.78 is 3.14. The highest BCUT2D eigenvalue weighted by atomic mass is 35.6. The highest BCUT2D eigenvalue weighted by Gasteiger charge is 2.31. The normalized spacial score (nSPS) is 14.0. The molecular formula is C9H9Cl3O2. The van der Waals surface area contributed by atoms with Crippen molar-refractivity contribution in [1.29, 1.82) is 0 Å². The molecule has 0 heterocycles. The predicted molar refractivity (Wildman–Crippen MR) is 57.5 cm³/mol. The lowest BCUT2D eigenvalue weighted by molar-refractivity contribution is -0.104. The van der Waals surface area contributed by atoms with Crippen LogP contribution in [0.5, 0.6) is 0 Å². The third kappa shape index (κ3) is 4.03. The molecule has 0 amide bonds. The smallest absolute Gasteiger partial charge is 0.240 e. The average Bonchev–Trinajstić information content (AvgIpc) is 2.14. The van der Waals surface area contributed by atoms with Crippen LogP contribution in [0, 0.1) is 0 Å². The van der Waals surface area contributed by atoms with Gasteiger partial charge in [0.25, 0.3) is 0 Å². The van der Waals surface area contributed by atoms with Crippen LogP contribution >= 0.6 is 34.8 Å². The lowest BCUT2D eigenvalue weighted by Gasteiger charge is -2.18. The van der Waals surface area contributed by atoms with Crippen molar-refractivity contribution >= 4 is 34.8 Å². The Labute approximate surface area is 97.3 Å². The second kappa shape index (κ2) is 5.19. The topological polar surface area (TPSA) is 29.5 Å². The molecule has 1 unspecified atom stereocenters. The molecule has 0 aromatic heterocycles. The number of rotatable bonds is 3. The molecule has 1 N–H and O–H groups in total. The van der Waals surface area contributed by atoms with Gasteiger partial charge in [-0.05, 0) is 5.56 Å². The fraction of sp³-hybridized carbons (Fsp3) is 0.333. The molecule has 0 bridgehead atoms. The van der Waals surface area contributed by atoms with E-state index in [0.29, 0.717) is 0 Å². The Hall–Kier alpha value is 0.01000. The molecule has 0 saturated carbocycles. The van der Waals surface area contributed by atoms with Gasteiger partial charge in [0.2, 0.25) is 10.1 Å². The molecule has 78 valence electrons. The first kappa shape index (κ1) is 12.1. The monoisotopic (exact) mass is 254 g/mol. The van der Waals surface area contributed by atoms with Gasteiger partial charge in [0.15, 0.2) is 0 Å². The van der Waals surface area contributed by atoms with Crippen LogP contribution in [0.1, 0.15) is 5.56 Å². The van der Waals surface area contributed by atoms with Crippen LogP contribution < -0.4 is 0 Å². The van der Waals surface area contributed by atoms with Crippen molar-refractivity contribution in [3.63, 3.8) is 0 Å².